The van der Waals surface area contributed by atoms with Crippen molar-refractivity contribution >= 4 is 39.2 Å². The summed E-state index contributed by atoms with van der Waals surface area (Å²) in [6, 6.07) is 11.2. The SMILES string of the molecule is COCCn1c(=NC(=O)c2ccccc2SC)sc2c(OC)ccc(OC)c21. The molecule has 0 aliphatic carbocycles. The first-order valence-corrected chi connectivity index (χ1v) is 10.6. The van der Waals surface area contributed by atoms with Crippen LogP contribution in [0.3, 0.4) is 0 Å². The smallest absolute Gasteiger partial charge is 0.280 e. The number of thioether (sulfide) groups is 1. The van der Waals surface area contributed by atoms with E-state index in [-0.39, 0.29) is 5.91 Å². The minimum Gasteiger partial charge on any atom is -0.495 e. The van der Waals surface area contributed by atoms with E-state index in [9.17, 15) is 4.79 Å². The Morgan fingerprint density at radius 3 is 2.50 bits per heavy atom. The summed E-state index contributed by atoms with van der Waals surface area (Å²) in [5.74, 6) is 1.13. The molecule has 6 nitrogen and oxygen atoms in total. The molecule has 0 fully saturated rings. The first kappa shape index (κ1) is 20.4. The number of rotatable bonds is 7. The van der Waals surface area contributed by atoms with Gasteiger partial charge in [0.15, 0.2) is 4.80 Å². The number of thiazole rings is 1. The third-order valence-corrected chi connectivity index (χ3v) is 6.13. The highest BCUT2D eigenvalue weighted by Crippen LogP contribution is 2.35. The van der Waals surface area contributed by atoms with Gasteiger partial charge in [-0.2, -0.15) is 4.99 Å². The summed E-state index contributed by atoms with van der Waals surface area (Å²) in [6.07, 6.45) is 1.94. The van der Waals surface area contributed by atoms with Crippen LogP contribution >= 0.6 is 23.1 Å². The van der Waals surface area contributed by atoms with Crippen LogP contribution in [0.4, 0.5) is 0 Å². The van der Waals surface area contributed by atoms with Gasteiger partial charge in [0.05, 0.1) is 26.4 Å². The lowest BCUT2D eigenvalue weighted by molar-refractivity contribution is 0.0994. The molecule has 148 valence electrons. The Kier molecular flexibility index (Phi) is 6.77. The molecular weight excluding hydrogens is 396 g/mol. The first-order chi connectivity index (χ1) is 13.6. The van der Waals surface area contributed by atoms with Crippen LogP contribution < -0.4 is 14.3 Å². The van der Waals surface area contributed by atoms with E-state index in [2.05, 4.69) is 4.99 Å². The van der Waals surface area contributed by atoms with Crippen molar-refractivity contribution in [1.29, 1.82) is 0 Å². The van der Waals surface area contributed by atoms with Gasteiger partial charge in [0.25, 0.3) is 5.91 Å². The van der Waals surface area contributed by atoms with E-state index in [0.29, 0.717) is 35.0 Å². The maximum absolute atomic E-state index is 12.9. The number of aromatic nitrogens is 1. The van der Waals surface area contributed by atoms with Gasteiger partial charge >= 0.3 is 0 Å². The molecule has 2 aromatic carbocycles. The monoisotopic (exact) mass is 418 g/mol. The molecule has 0 aliphatic heterocycles. The Morgan fingerprint density at radius 2 is 1.82 bits per heavy atom. The highest BCUT2D eigenvalue weighted by molar-refractivity contribution is 7.98. The van der Waals surface area contributed by atoms with E-state index in [1.54, 1.807) is 27.4 Å². The van der Waals surface area contributed by atoms with E-state index in [4.69, 9.17) is 14.2 Å². The van der Waals surface area contributed by atoms with Crippen LogP contribution in [0.5, 0.6) is 11.5 Å². The largest absolute Gasteiger partial charge is 0.495 e. The van der Waals surface area contributed by atoms with Crippen LogP contribution in [0.2, 0.25) is 0 Å². The number of amides is 1. The average Bonchev–Trinajstić information content (AvgIpc) is 3.09. The lowest BCUT2D eigenvalue weighted by Crippen LogP contribution is -2.19. The van der Waals surface area contributed by atoms with Crippen molar-refractivity contribution in [3.05, 3.63) is 46.8 Å². The number of fused-ring (bicyclic) bond motifs is 1. The Labute approximate surface area is 171 Å². The van der Waals surface area contributed by atoms with Crippen LogP contribution in [-0.4, -0.2) is 44.7 Å². The molecule has 0 radical (unpaired) electrons. The lowest BCUT2D eigenvalue weighted by Gasteiger charge is -2.10. The van der Waals surface area contributed by atoms with Gasteiger partial charge in [0, 0.05) is 18.6 Å². The fraction of sp³-hybridized carbons (Fsp3) is 0.300. The highest BCUT2D eigenvalue weighted by Gasteiger charge is 2.17. The quantitative estimate of drug-likeness (QED) is 0.546. The second kappa shape index (κ2) is 9.27. The topological polar surface area (TPSA) is 62.1 Å². The van der Waals surface area contributed by atoms with Gasteiger partial charge in [0.2, 0.25) is 0 Å². The Hall–Kier alpha value is -2.29. The van der Waals surface area contributed by atoms with Gasteiger partial charge in [-0.1, -0.05) is 23.5 Å². The summed E-state index contributed by atoms with van der Waals surface area (Å²) in [6.45, 7) is 1.02. The molecule has 3 aromatic rings. The molecule has 1 aromatic heterocycles. The van der Waals surface area contributed by atoms with Gasteiger partial charge in [-0.25, -0.2) is 0 Å². The fourth-order valence-corrected chi connectivity index (χ4v) is 4.65. The van der Waals surface area contributed by atoms with Crippen molar-refractivity contribution in [3.63, 3.8) is 0 Å². The molecule has 0 saturated carbocycles. The predicted octanol–water partition coefficient (Wildman–Crippen LogP) is 3.83. The van der Waals surface area contributed by atoms with Crippen LogP contribution in [0.1, 0.15) is 10.4 Å². The number of ether oxygens (including phenoxy) is 3. The van der Waals surface area contributed by atoms with Crippen molar-refractivity contribution in [2.45, 2.75) is 11.4 Å². The molecule has 0 saturated heterocycles. The van der Waals surface area contributed by atoms with Gasteiger partial charge in [-0.05, 0) is 30.5 Å². The van der Waals surface area contributed by atoms with Crippen LogP contribution in [0.15, 0.2) is 46.3 Å². The third kappa shape index (κ3) is 3.94. The zero-order valence-electron chi connectivity index (χ0n) is 16.2. The van der Waals surface area contributed by atoms with Crippen LogP contribution in [0.25, 0.3) is 10.2 Å². The maximum atomic E-state index is 12.9. The normalized spacial score (nSPS) is 11.8. The molecular formula is C20H22N2O4S2. The van der Waals surface area contributed by atoms with E-state index in [1.807, 2.05) is 41.2 Å². The van der Waals surface area contributed by atoms with Crippen LogP contribution in [-0.2, 0) is 11.3 Å². The zero-order chi connectivity index (χ0) is 20.1. The molecule has 1 amide bonds. The molecule has 0 bridgehead atoms. The minimum atomic E-state index is -0.277. The summed E-state index contributed by atoms with van der Waals surface area (Å²) in [5, 5.41) is 0. The summed E-state index contributed by atoms with van der Waals surface area (Å²) in [7, 11) is 4.89. The molecule has 8 heteroatoms. The number of carbonyl (C=O) groups excluding carboxylic acids is 1. The van der Waals surface area contributed by atoms with Crippen LogP contribution in [0, 0.1) is 0 Å². The summed E-state index contributed by atoms with van der Waals surface area (Å²) in [5.41, 5.74) is 1.43. The second-order valence-corrected chi connectivity index (χ2v) is 7.62. The molecule has 1 heterocycles. The third-order valence-electron chi connectivity index (χ3n) is 4.25. The molecule has 28 heavy (non-hydrogen) atoms. The number of methoxy groups -OCH3 is 3. The molecule has 3 rings (SSSR count). The number of benzene rings is 2. The first-order valence-electron chi connectivity index (χ1n) is 8.60. The van der Waals surface area contributed by atoms with Gasteiger partial charge in [0.1, 0.15) is 21.7 Å². The molecule has 0 N–H and O–H groups in total. The minimum absolute atomic E-state index is 0.277. The summed E-state index contributed by atoms with van der Waals surface area (Å²) >= 11 is 2.92. The van der Waals surface area contributed by atoms with Gasteiger partial charge in [-0.3, -0.25) is 4.79 Å². The van der Waals surface area contributed by atoms with Crippen molar-refractivity contribution < 1.29 is 19.0 Å². The van der Waals surface area contributed by atoms with Crippen molar-refractivity contribution in [2.75, 3.05) is 34.2 Å². The average molecular weight is 419 g/mol. The van der Waals surface area contributed by atoms with Crippen molar-refractivity contribution in [2.24, 2.45) is 4.99 Å². The predicted molar refractivity (Wildman–Crippen MR) is 113 cm³/mol. The molecule has 0 atom stereocenters. The Morgan fingerprint density at radius 1 is 1.11 bits per heavy atom. The van der Waals surface area contributed by atoms with Crippen molar-refractivity contribution in [3.8, 4) is 11.5 Å². The second-order valence-electron chi connectivity index (χ2n) is 5.79. The number of hydrogen-bond acceptors (Lipinski definition) is 6. The van der Waals surface area contributed by atoms with E-state index < -0.39 is 0 Å². The maximum Gasteiger partial charge on any atom is 0.280 e. The van der Waals surface area contributed by atoms with E-state index in [1.165, 1.54) is 23.1 Å². The lowest BCUT2D eigenvalue weighted by atomic mass is 10.2. The number of nitrogens with zero attached hydrogens (tertiary/aromatic N) is 2. The number of carbonyl (C=O) groups is 1. The summed E-state index contributed by atoms with van der Waals surface area (Å²) in [4.78, 5) is 18.8. The zero-order valence-corrected chi connectivity index (χ0v) is 17.9. The van der Waals surface area contributed by atoms with E-state index in [0.717, 1.165) is 15.1 Å². The molecule has 0 aliphatic rings. The molecule has 0 unspecified atom stereocenters. The van der Waals surface area contributed by atoms with Crippen molar-refractivity contribution in [1.82, 2.24) is 4.57 Å². The Bertz CT molecular complexity index is 1060. The molecule has 0 spiro atoms. The van der Waals surface area contributed by atoms with Gasteiger partial charge < -0.3 is 18.8 Å². The Balaban J connectivity index is 2.24. The fourth-order valence-electron chi connectivity index (χ4n) is 2.90. The standard InChI is InChI=1S/C20H22N2O4S2/c1-24-12-11-22-17-14(25-2)9-10-15(26-3)18(17)28-20(22)21-19(23)13-7-5-6-8-16(13)27-4/h5-10H,11-12H2,1-4H3. The highest BCUT2D eigenvalue weighted by atomic mass is 32.2. The van der Waals surface area contributed by atoms with Gasteiger partial charge in [-0.15, -0.1) is 11.8 Å². The van der Waals surface area contributed by atoms with E-state index >= 15 is 0 Å². The number of hydrogen-bond donors (Lipinski definition) is 0. The summed E-state index contributed by atoms with van der Waals surface area (Å²) < 4.78 is 19.1.